The van der Waals surface area contributed by atoms with Gasteiger partial charge in [-0.05, 0) is 20.8 Å². The Bertz CT molecular complexity index is 446. The molecule has 0 bridgehead atoms. The van der Waals surface area contributed by atoms with Crippen LogP contribution in [-0.2, 0) is 4.74 Å². The van der Waals surface area contributed by atoms with Crippen molar-refractivity contribution < 1.29 is 4.74 Å². The molecule has 2 rings (SSSR count). The third kappa shape index (κ3) is 2.94. The van der Waals surface area contributed by atoms with Gasteiger partial charge in [0.1, 0.15) is 16.5 Å². The SMILES string of the molecule is CC1CN(c2cnc(C(N)=S)cn2)CC(C)(C)O1. The fraction of sp³-hybridized carbons (Fsp3) is 0.583. The summed E-state index contributed by atoms with van der Waals surface area (Å²) in [4.78, 5) is 11.0. The number of nitrogens with zero attached hydrogens (tertiary/aromatic N) is 3. The Hall–Kier alpha value is -1.27. The van der Waals surface area contributed by atoms with Gasteiger partial charge in [0.2, 0.25) is 0 Å². The summed E-state index contributed by atoms with van der Waals surface area (Å²) in [5, 5.41) is 0. The van der Waals surface area contributed by atoms with Gasteiger partial charge < -0.3 is 15.4 Å². The maximum Gasteiger partial charge on any atom is 0.147 e. The molecule has 1 aromatic heterocycles. The van der Waals surface area contributed by atoms with Crippen LogP contribution in [0.1, 0.15) is 26.5 Å². The number of hydrogen-bond donors (Lipinski definition) is 1. The summed E-state index contributed by atoms with van der Waals surface area (Å²) in [5.74, 6) is 0.832. The summed E-state index contributed by atoms with van der Waals surface area (Å²) < 4.78 is 5.86. The van der Waals surface area contributed by atoms with Crippen molar-refractivity contribution in [1.82, 2.24) is 9.97 Å². The monoisotopic (exact) mass is 266 g/mol. The highest BCUT2D eigenvalue weighted by atomic mass is 32.1. The van der Waals surface area contributed by atoms with Gasteiger partial charge in [0.15, 0.2) is 0 Å². The molecular weight excluding hydrogens is 248 g/mol. The smallest absolute Gasteiger partial charge is 0.147 e. The van der Waals surface area contributed by atoms with Gasteiger partial charge in [-0.25, -0.2) is 9.97 Å². The van der Waals surface area contributed by atoms with E-state index in [1.54, 1.807) is 12.4 Å². The molecule has 0 amide bonds. The molecule has 0 aromatic carbocycles. The van der Waals surface area contributed by atoms with Gasteiger partial charge in [0.25, 0.3) is 0 Å². The van der Waals surface area contributed by atoms with Gasteiger partial charge in [0.05, 0.1) is 24.1 Å². The van der Waals surface area contributed by atoms with E-state index in [9.17, 15) is 0 Å². The number of hydrogen-bond acceptors (Lipinski definition) is 5. The molecule has 1 unspecified atom stereocenters. The van der Waals surface area contributed by atoms with Gasteiger partial charge in [-0.3, -0.25) is 0 Å². The van der Waals surface area contributed by atoms with Gasteiger partial charge in [-0.1, -0.05) is 12.2 Å². The molecule has 18 heavy (non-hydrogen) atoms. The number of thiocarbonyl (C=S) groups is 1. The predicted octanol–water partition coefficient (Wildman–Crippen LogP) is 1.11. The molecule has 1 saturated heterocycles. The van der Waals surface area contributed by atoms with Crippen molar-refractivity contribution in [3.63, 3.8) is 0 Å². The second-order valence-corrected chi connectivity index (χ2v) is 5.63. The third-order valence-electron chi connectivity index (χ3n) is 2.78. The van der Waals surface area contributed by atoms with E-state index in [0.717, 1.165) is 18.9 Å². The molecule has 0 aliphatic carbocycles. The van der Waals surface area contributed by atoms with Gasteiger partial charge in [0, 0.05) is 13.1 Å². The van der Waals surface area contributed by atoms with E-state index >= 15 is 0 Å². The molecule has 1 aliphatic heterocycles. The molecule has 2 heterocycles. The molecule has 0 saturated carbocycles. The van der Waals surface area contributed by atoms with Crippen molar-refractivity contribution in [2.45, 2.75) is 32.5 Å². The molecule has 1 fully saturated rings. The van der Waals surface area contributed by atoms with Crippen molar-refractivity contribution in [2.75, 3.05) is 18.0 Å². The fourth-order valence-electron chi connectivity index (χ4n) is 2.24. The number of nitrogens with two attached hydrogens (primary N) is 1. The average Bonchev–Trinajstić information content (AvgIpc) is 2.26. The van der Waals surface area contributed by atoms with E-state index in [1.807, 2.05) is 0 Å². The van der Waals surface area contributed by atoms with Crippen molar-refractivity contribution in [3.8, 4) is 0 Å². The topological polar surface area (TPSA) is 64.3 Å². The zero-order valence-corrected chi connectivity index (χ0v) is 11.7. The minimum absolute atomic E-state index is 0.172. The lowest BCUT2D eigenvalue weighted by molar-refractivity contribution is -0.0751. The van der Waals surface area contributed by atoms with Crippen LogP contribution < -0.4 is 10.6 Å². The van der Waals surface area contributed by atoms with Crippen molar-refractivity contribution in [1.29, 1.82) is 0 Å². The summed E-state index contributed by atoms with van der Waals surface area (Å²) in [6.45, 7) is 7.81. The second kappa shape index (κ2) is 4.78. The first-order chi connectivity index (χ1) is 8.37. The molecule has 0 spiro atoms. The van der Waals surface area contributed by atoms with Gasteiger partial charge in [-0.15, -0.1) is 0 Å². The number of anilines is 1. The molecule has 98 valence electrons. The van der Waals surface area contributed by atoms with Crippen LogP contribution in [0.25, 0.3) is 0 Å². The van der Waals surface area contributed by atoms with E-state index in [4.69, 9.17) is 22.7 Å². The molecule has 1 aliphatic rings. The van der Waals surface area contributed by atoms with E-state index in [2.05, 4.69) is 35.6 Å². The Balaban J connectivity index is 2.18. The quantitative estimate of drug-likeness (QED) is 0.809. The van der Waals surface area contributed by atoms with Crippen LogP contribution in [0.4, 0.5) is 5.82 Å². The predicted molar refractivity (Wildman–Crippen MR) is 74.8 cm³/mol. The van der Waals surface area contributed by atoms with Crippen LogP contribution in [-0.4, -0.2) is 39.8 Å². The number of ether oxygens (including phenoxy) is 1. The van der Waals surface area contributed by atoms with Crippen LogP contribution in [0.5, 0.6) is 0 Å². The van der Waals surface area contributed by atoms with Crippen LogP contribution in [0.2, 0.25) is 0 Å². The maximum absolute atomic E-state index is 5.86. The van der Waals surface area contributed by atoms with Crippen LogP contribution in [0, 0.1) is 0 Å². The highest BCUT2D eigenvalue weighted by Crippen LogP contribution is 2.24. The van der Waals surface area contributed by atoms with Crippen LogP contribution >= 0.6 is 12.2 Å². The van der Waals surface area contributed by atoms with E-state index in [0.29, 0.717) is 5.69 Å². The fourth-order valence-corrected chi connectivity index (χ4v) is 2.35. The number of rotatable bonds is 2. The minimum Gasteiger partial charge on any atom is -0.388 e. The second-order valence-electron chi connectivity index (χ2n) is 5.19. The molecule has 5 nitrogen and oxygen atoms in total. The molecular formula is C12H18N4OS. The third-order valence-corrected chi connectivity index (χ3v) is 2.99. The average molecular weight is 266 g/mol. The Morgan fingerprint density at radius 1 is 1.50 bits per heavy atom. The van der Waals surface area contributed by atoms with E-state index in [-0.39, 0.29) is 16.7 Å². The van der Waals surface area contributed by atoms with Gasteiger partial charge in [-0.2, -0.15) is 0 Å². The minimum atomic E-state index is -0.179. The zero-order chi connectivity index (χ0) is 13.3. The highest BCUT2D eigenvalue weighted by molar-refractivity contribution is 7.80. The summed E-state index contributed by atoms with van der Waals surface area (Å²) in [6, 6.07) is 0. The number of morpholine rings is 1. The molecule has 1 aromatic rings. The van der Waals surface area contributed by atoms with Crippen LogP contribution in [0.15, 0.2) is 12.4 Å². The van der Waals surface area contributed by atoms with Crippen LogP contribution in [0.3, 0.4) is 0 Å². The van der Waals surface area contributed by atoms with Crippen molar-refractivity contribution in [3.05, 3.63) is 18.1 Å². The van der Waals surface area contributed by atoms with E-state index < -0.39 is 0 Å². The summed E-state index contributed by atoms with van der Waals surface area (Å²) in [6.07, 6.45) is 3.50. The summed E-state index contributed by atoms with van der Waals surface area (Å²) in [5.41, 5.74) is 5.87. The zero-order valence-electron chi connectivity index (χ0n) is 10.9. The lowest BCUT2D eigenvalue weighted by Crippen LogP contribution is -2.52. The summed E-state index contributed by atoms with van der Waals surface area (Å²) >= 11 is 4.86. The summed E-state index contributed by atoms with van der Waals surface area (Å²) in [7, 11) is 0. The lowest BCUT2D eigenvalue weighted by atomic mass is 10.1. The Labute approximate surface area is 112 Å². The Morgan fingerprint density at radius 2 is 2.22 bits per heavy atom. The molecule has 0 radical (unpaired) electrons. The van der Waals surface area contributed by atoms with E-state index in [1.165, 1.54) is 0 Å². The molecule has 6 heteroatoms. The largest absolute Gasteiger partial charge is 0.388 e. The Morgan fingerprint density at radius 3 is 2.72 bits per heavy atom. The molecule has 1 atom stereocenters. The number of aromatic nitrogens is 2. The maximum atomic E-state index is 5.86. The Kier molecular flexibility index (Phi) is 3.49. The first kappa shape index (κ1) is 13.2. The van der Waals surface area contributed by atoms with Crippen molar-refractivity contribution in [2.24, 2.45) is 5.73 Å². The van der Waals surface area contributed by atoms with Crippen molar-refractivity contribution >= 4 is 23.0 Å². The highest BCUT2D eigenvalue weighted by Gasteiger charge is 2.31. The lowest BCUT2D eigenvalue weighted by Gasteiger charge is -2.42. The first-order valence-electron chi connectivity index (χ1n) is 5.92. The normalized spacial score (nSPS) is 22.8. The standard InChI is InChI=1S/C12H18N4OS/c1-8-6-16(7-12(2,3)17-8)10-5-14-9(4-15-10)11(13)18/h4-5,8H,6-7H2,1-3H3,(H2,13,18). The molecule has 2 N–H and O–H groups in total. The first-order valence-corrected chi connectivity index (χ1v) is 6.33. The van der Waals surface area contributed by atoms with Gasteiger partial charge >= 0.3 is 0 Å².